The molecule has 0 radical (unpaired) electrons. The largest absolute Gasteiger partial charge is 0.369 e. The van der Waals surface area contributed by atoms with Crippen LogP contribution in [0.15, 0.2) is 103 Å². The van der Waals surface area contributed by atoms with Gasteiger partial charge in [0, 0.05) is 18.3 Å². The number of benzene rings is 4. The third-order valence-corrected chi connectivity index (χ3v) is 10.0. The van der Waals surface area contributed by atoms with Crippen molar-refractivity contribution in [2.75, 3.05) is 11.4 Å². The molecular formula is C55H81N. The molecule has 0 saturated carbocycles. The molecule has 0 aromatic heterocycles. The molecule has 0 saturated heterocycles. The minimum absolute atomic E-state index is 0.633. The lowest BCUT2D eigenvalue weighted by Crippen LogP contribution is -2.28. The molecule has 4 aromatic rings. The highest BCUT2D eigenvalue weighted by Gasteiger charge is 2.20. The Labute approximate surface area is 347 Å². The van der Waals surface area contributed by atoms with Gasteiger partial charge in [0.2, 0.25) is 0 Å². The normalized spacial score (nSPS) is 12.9. The monoisotopic (exact) mass is 756 g/mol. The number of hydrogen-bond acceptors (Lipinski definition) is 1. The van der Waals surface area contributed by atoms with Crippen LogP contribution in [0.3, 0.4) is 0 Å². The zero-order valence-corrected chi connectivity index (χ0v) is 38.8. The van der Waals surface area contributed by atoms with Crippen molar-refractivity contribution in [1.82, 2.24) is 0 Å². The van der Waals surface area contributed by atoms with Crippen LogP contribution in [0.25, 0.3) is 18.2 Å². The summed E-state index contributed by atoms with van der Waals surface area (Å²) in [5, 5.41) is 0. The smallest absolute Gasteiger partial charge is 0.0401 e. The number of anilines is 1. The van der Waals surface area contributed by atoms with Gasteiger partial charge in [0.25, 0.3) is 0 Å². The molecule has 8 rings (SSSR count). The van der Waals surface area contributed by atoms with Gasteiger partial charge in [0.05, 0.1) is 0 Å². The first-order chi connectivity index (χ1) is 27.1. The summed E-state index contributed by atoms with van der Waals surface area (Å²) in [4.78, 5) is 2.47. The first kappa shape index (κ1) is 49.9. The molecule has 0 atom stereocenters. The fourth-order valence-electron chi connectivity index (χ4n) is 7.07. The van der Waals surface area contributed by atoms with E-state index in [1.807, 2.05) is 55.4 Å². The van der Waals surface area contributed by atoms with Gasteiger partial charge in [0.1, 0.15) is 0 Å². The number of nitrogens with zero attached hydrogens (tertiary/aromatic N) is 1. The summed E-state index contributed by atoms with van der Waals surface area (Å²) in [5.74, 6) is 1.99. The highest BCUT2D eigenvalue weighted by atomic mass is 15.2. The zero-order valence-electron chi connectivity index (χ0n) is 38.8. The van der Waals surface area contributed by atoms with Crippen molar-refractivity contribution in [2.45, 2.75) is 154 Å². The molecule has 3 aliphatic carbocycles. The standard InChI is InChI=1S/3C12H14.C11H15N.4C2H6/c1-9(2)11-7-3-5-10-6-4-8-12(10)11;1-9(2)11-7-6-10-4-3-5-12(10)8-11;1-9(2)12-7-10-5-3-4-6-11(10)8-12;1-9(2)12-8-7-10-5-3-4-6-11(10)12;4*1-2/h3-7,9H,8H2,1-2H3;3-4,6-9H,5H2,1-2H3;3-7,9H,8H2,1-2H3;3-6,9H,7-8H2,1-2H3;4*1-2H3. The van der Waals surface area contributed by atoms with Crippen LogP contribution in [0, 0.1) is 5.92 Å². The maximum absolute atomic E-state index is 2.47. The van der Waals surface area contributed by atoms with E-state index in [1.54, 1.807) is 5.57 Å². The Bertz CT molecular complexity index is 1760. The summed E-state index contributed by atoms with van der Waals surface area (Å²) in [6.45, 7) is 35.2. The van der Waals surface area contributed by atoms with Crippen molar-refractivity contribution in [1.29, 1.82) is 0 Å². The number of hydrogen-bond donors (Lipinski definition) is 0. The maximum atomic E-state index is 2.47. The predicted octanol–water partition coefficient (Wildman–Crippen LogP) is 16.6. The van der Waals surface area contributed by atoms with Crippen molar-refractivity contribution in [3.05, 3.63) is 153 Å². The third kappa shape index (κ3) is 14.8. The number of allylic oxidation sites excluding steroid dienone is 3. The fourth-order valence-corrected chi connectivity index (χ4v) is 7.07. The Hall–Kier alpha value is -4.10. The van der Waals surface area contributed by atoms with E-state index in [2.05, 4.69) is 176 Å². The first-order valence-electron chi connectivity index (χ1n) is 22.3. The Morgan fingerprint density at radius 3 is 1.70 bits per heavy atom. The Kier molecular flexibility index (Phi) is 24.5. The van der Waals surface area contributed by atoms with Crippen LogP contribution in [-0.4, -0.2) is 12.6 Å². The van der Waals surface area contributed by atoms with E-state index >= 15 is 0 Å². The molecule has 4 aliphatic rings. The second kappa shape index (κ2) is 27.5. The highest BCUT2D eigenvalue weighted by Crippen LogP contribution is 2.30. The second-order valence-electron chi connectivity index (χ2n) is 14.8. The molecule has 0 amide bonds. The van der Waals surface area contributed by atoms with Gasteiger partial charge in [-0.3, -0.25) is 0 Å². The van der Waals surface area contributed by atoms with Gasteiger partial charge < -0.3 is 4.90 Å². The first-order valence-corrected chi connectivity index (χ1v) is 22.3. The molecule has 1 nitrogen and oxygen atoms in total. The predicted molar refractivity (Wildman–Crippen MR) is 258 cm³/mol. The van der Waals surface area contributed by atoms with Crippen molar-refractivity contribution >= 4 is 23.9 Å². The molecule has 0 unspecified atom stereocenters. The van der Waals surface area contributed by atoms with Crippen LogP contribution in [0.5, 0.6) is 0 Å². The summed E-state index contributed by atoms with van der Waals surface area (Å²) in [7, 11) is 0. The van der Waals surface area contributed by atoms with Crippen LogP contribution in [0.4, 0.5) is 5.69 Å². The average Bonchev–Trinajstić information content (AvgIpc) is 4.07. The summed E-state index contributed by atoms with van der Waals surface area (Å²) < 4.78 is 0. The maximum Gasteiger partial charge on any atom is 0.0401 e. The second-order valence-corrected chi connectivity index (χ2v) is 14.8. The van der Waals surface area contributed by atoms with Crippen molar-refractivity contribution < 1.29 is 0 Å². The minimum atomic E-state index is 0.633. The van der Waals surface area contributed by atoms with Gasteiger partial charge in [-0.25, -0.2) is 0 Å². The summed E-state index contributed by atoms with van der Waals surface area (Å²) in [6, 6.07) is 31.4. The quantitative estimate of drug-likeness (QED) is 0.200. The third-order valence-electron chi connectivity index (χ3n) is 10.0. The Morgan fingerprint density at radius 2 is 1.09 bits per heavy atom. The van der Waals surface area contributed by atoms with Gasteiger partial charge in [-0.05, 0) is 113 Å². The topological polar surface area (TPSA) is 3.24 Å². The summed E-state index contributed by atoms with van der Waals surface area (Å²) in [6.07, 6.45) is 15.9. The number of rotatable bonds is 4. The number of para-hydroxylation sites is 1. The molecule has 4 aromatic carbocycles. The molecular weight excluding hydrogens is 675 g/mol. The molecule has 0 bridgehead atoms. The van der Waals surface area contributed by atoms with E-state index in [9.17, 15) is 0 Å². The van der Waals surface area contributed by atoms with E-state index in [4.69, 9.17) is 0 Å². The molecule has 306 valence electrons. The molecule has 1 heteroatoms. The van der Waals surface area contributed by atoms with Crippen LogP contribution in [0.1, 0.15) is 173 Å². The molecule has 0 fully saturated rings. The lowest BCUT2D eigenvalue weighted by atomic mass is 9.94. The van der Waals surface area contributed by atoms with E-state index in [1.165, 1.54) is 68.7 Å². The van der Waals surface area contributed by atoms with E-state index in [-0.39, 0.29) is 0 Å². The van der Waals surface area contributed by atoms with Crippen LogP contribution >= 0.6 is 0 Å². The average molecular weight is 756 g/mol. The van der Waals surface area contributed by atoms with Gasteiger partial charge in [-0.2, -0.15) is 0 Å². The Morgan fingerprint density at radius 1 is 0.500 bits per heavy atom. The van der Waals surface area contributed by atoms with Crippen LogP contribution in [0.2, 0.25) is 0 Å². The minimum Gasteiger partial charge on any atom is -0.369 e. The van der Waals surface area contributed by atoms with Crippen LogP contribution < -0.4 is 4.90 Å². The van der Waals surface area contributed by atoms with Gasteiger partial charge in [-0.15, -0.1) is 0 Å². The summed E-state index contributed by atoms with van der Waals surface area (Å²) >= 11 is 0. The van der Waals surface area contributed by atoms with E-state index in [0.717, 1.165) is 19.3 Å². The Balaban J connectivity index is 0.000000352. The van der Waals surface area contributed by atoms with Crippen molar-refractivity contribution in [3.63, 3.8) is 0 Å². The molecule has 56 heavy (non-hydrogen) atoms. The summed E-state index contributed by atoms with van der Waals surface area (Å²) in [5.41, 5.74) is 16.2. The molecule has 0 N–H and O–H groups in total. The van der Waals surface area contributed by atoms with E-state index < -0.39 is 0 Å². The van der Waals surface area contributed by atoms with Crippen molar-refractivity contribution in [2.24, 2.45) is 5.92 Å². The van der Waals surface area contributed by atoms with Gasteiger partial charge >= 0.3 is 0 Å². The molecule has 1 aliphatic heterocycles. The number of fused-ring (bicyclic) bond motifs is 4. The lowest BCUT2D eigenvalue weighted by Gasteiger charge is -2.23. The lowest BCUT2D eigenvalue weighted by molar-refractivity contribution is 0.710. The molecule has 0 spiro atoms. The van der Waals surface area contributed by atoms with Crippen LogP contribution in [-0.2, 0) is 25.7 Å². The van der Waals surface area contributed by atoms with Crippen molar-refractivity contribution in [3.8, 4) is 0 Å². The fraction of sp³-hybridized carbons (Fsp3) is 0.455. The van der Waals surface area contributed by atoms with Gasteiger partial charge in [-0.1, -0.05) is 212 Å². The zero-order chi connectivity index (χ0) is 42.2. The highest BCUT2D eigenvalue weighted by molar-refractivity contribution is 5.64. The SMILES string of the molecule is CC.CC.CC.CC.CC(C)C1=Cc2ccccc2C1.CC(C)N1CCc2ccccc21.CC(C)c1ccc2c(c1)CC=C2.CC(C)c1cccc2c1CC=C2. The van der Waals surface area contributed by atoms with E-state index in [0.29, 0.717) is 23.8 Å². The van der Waals surface area contributed by atoms with Gasteiger partial charge in [0.15, 0.2) is 0 Å². The molecule has 1 heterocycles.